The van der Waals surface area contributed by atoms with Crippen LogP contribution < -0.4 is 20.8 Å². The Morgan fingerprint density at radius 2 is 2.00 bits per heavy atom. The number of nitrogens with one attached hydrogen (secondary N) is 3. The number of aryl methyl sites for hydroxylation is 1. The largest absolute Gasteiger partial charge is 0.484 e. The lowest BCUT2D eigenvalue weighted by Gasteiger charge is -2.09. The maximum Gasteiger partial charge on any atom is 0.329 e. The average molecular weight is 438 g/mol. The molecule has 3 rings (SSSR count). The zero-order chi connectivity index (χ0) is 22.8. The van der Waals surface area contributed by atoms with Crippen molar-refractivity contribution in [3.8, 4) is 5.75 Å². The molecule has 1 heterocycles. The van der Waals surface area contributed by atoms with Crippen molar-refractivity contribution >= 4 is 29.6 Å². The Hall–Kier alpha value is -3.72. The number of rotatable bonds is 8. The molecule has 0 spiro atoms. The van der Waals surface area contributed by atoms with E-state index >= 15 is 0 Å². The Morgan fingerprint density at radius 3 is 2.78 bits per heavy atom. The number of amides is 3. The summed E-state index contributed by atoms with van der Waals surface area (Å²) in [7, 11) is 0. The van der Waals surface area contributed by atoms with Crippen LogP contribution in [0.5, 0.6) is 5.75 Å². The number of hydrogen-bond donors (Lipinski definition) is 3. The van der Waals surface area contributed by atoms with E-state index in [1.165, 1.54) is 6.21 Å². The van der Waals surface area contributed by atoms with Gasteiger partial charge in [0.15, 0.2) is 6.61 Å². The van der Waals surface area contributed by atoms with Crippen LogP contribution in [0.25, 0.3) is 0 Å². The summed E-state index contributed by atoms with van der Waals surface area (Å²) >= 11 is 0. The van der Waals surface area contributed by atoms with Crippen molar-refractivity contribution in [3.05, 3.63) is 59.7 Å². The topological polar surface area (TPSA) is 118 Å². The van der Waals surface area contributed by atoms with Gasteiger partial charge in [0.1, 0.15) is 5.75 Å². The highest BCUT2D eigenvalue weighted by Crippen LogP contribution is 2.13. The first-order valence-electron chi connectivity index (χ1n) is 10.3. The molecule has 0 unspecified atom stereocenters. The predicted octanol–water partition coefficient (Wildman–Crippen LogP) is 1.76. The molecule has 0 radical (unpaired) electrons. The summed E-state index contributed by atoms with van der Waals surface area (Å²) in [4.78, 5) is 35.7. The van der Waals surface area contributed by atoms with Gasteiger partial charge < -0.3 is 20.1 Å². The van der Waals surface area contributed by atoms with Crippen molar-refractivity contribution in [1.29, 1.82) is 0 Å². The monoisotopic (exact) mass is 438 g/mol. The lowest BCUT2D eigenvalue weighted by atomic mass is 10.2. The van der Waals surface area contributed by atoms with Crippen LogP contribution in [0.2, 0.25) is 0 Å². The fourth-order valence-corrected chi connectivity index (χ4v) is 3.06. The van der Waals surface area contributed by atoms with Crippen molar-refractivity contribution in [2.24, 2.45) is 5.10 Å². The van der Waals surface area contributed by atoms with Crippen LogP contribution in [0.15, 0.2) is 53.6 Å². The zero-order valence-electron chi connectivity index (χ0n) is 17.8. The molecule has 0 saturated carbocycles. The van der Waals surface area contributed by atoms with Gasteiger partial charge in [0.25, 0.3) is 5.91 Å². The minimum Gasteiger partial charge on any atom is -0.484 e. The summed E-state index contributed by atoms with van der Waals surface area (Å²) in [6.07, 6.45) is 3.16. The summed E-state index contributed by atoms with van der Waals surface area (Å²) in [5, 5.41) is 9.08. The van der Waals surface area contributed by atoms with Gasteiger partial charge in [-0.1, -0.05) is 24.3 Å². The van der Waals surface area contributed by atoms with E-state index < -0.39 is 11.8 Å². The van der Waals surface area contributed by atoms with Gasteiger partial charge in [-0.3, -0.25) is 14.4 Å². The average Bonchev–Trinajstić information content (AvgIpc) is 3.30. The Labute approximate surface area is 186 Å². The first-order valence-corrected chi connectivity index (χ1v) is 10.3. The van der Waals surface area contributed by atoms with Gasteiger partial charge in [-0.05, 0) is 55.2 Å². The minimum absolute atomic E-state index is 0.0446. The number of carbonyl (C=O) groups is 3. The molecule has 1 aliphatic heterocycles. The smallest absolute Gasteiger partial charge is 0.329 e. The Balaban J connectivity index is 1.42. The van der Waals surface area contributed by atoms with Crippen molar-refractivity contribution < 1.29 is 23.9 Å². The molecule has 1 aliphatic rings. The Kier molecular flexibility index (Phi) is 8.33. The third-order valence-corrected chi connectivity index (χ3v) is 4.63. The Morgan fingerprint density at radius 1 is 1.16 bits per heavy atom. The van der Waals surface area contributed by atoms with Gasteiger partial charge in [-0.2, -0.15) is 5.10 Å². The highest BCUT2D eigenvalue weighted by Gasteiger charge is 2.18. The summed E-state index contributed by atoms with van der Waals surface area (Å²) < 4.78 is 10.9. The molecule has 9 heteroatoms. The maximum absolute atomic E-state index is 12.1. The van der Waals surface area contributed by atoms with Gasteiger partial charge in [-0.25, -0.2) is 5.43 Å². The maximum atomic E-state index is 12.1. The second kappa shape index (κ2) is 11.6. The summed E-state index contributed by atoms with van der Waals surface area (Å²) in [6, 6.07) is 14.3. The van der Waals surface area contributed by atoms with E-state index in [0.717, 1.165) is 18.4 Å². The number of hydrazone groups is 1. The Bertz CT molecular complexity index is 986. The summed E-state index contributed by atoms with van der Waals surface area (Å²) in [5.74, 6) is -1.45. The van der Waals surface area contributed by atoms with E-state index in [1.807, 2.05) is 25.1 Å². The molecule has 9 nitrogen and oxygen atoms in total. The standard InChI is InChI=1S/C23H26N4O5/c1-16-5-2-7-18(11-16)26-21(28)15-32-19-8-3-6-17(12-19)13-25-27-23(30)22(29)24-14-20-9-4-10-31-20/h2-3,5-8,11-13,20H,4,9-10,14-15H2,1H3,(H,24,29)(H,26,28)(H,27,30)/b25-13-/t20-/m0/s1. The third-order valence-electron chi connectivity index (χ3n) is 4.63. The molecule has 3 N–H and O–H groups in total. The van der Waals surface area contributed by atoms with E-state index in [1.54, 1.807) is 30.3 Å². The van der Waals surface area contributed by atoms with Gasteiger partial charge in [0.05, 0.1) is 12.3 Å². The van der Waals surface area contributed by atoms with Gasteiger partial charge in [0, 0.05) is 18.8 Å². The highest BCUT2D eigenvalue weighted by molar-refractivity contribution is 6.35. The fraction of sp³-hybridized carbons (Fsp3) is 0.304. The molecule has 0 bridgehead atoms. The fourth-order valence-electron chi connectivity index (χ4n) is 3.06. The van der Waals surface area contributed by atoms with Gasteiger partial charge in [0.2, 0.25) is 0 Å². The van der Waals surface area contributed by atoms with Crippen LogP contribution >= 0.6 is 0 Å². The molecule has 2 aromatic rings. The molecule has 3 amide bonds. The molecule has 0 aromatic heterocycles. The highest BCUT2D eigenvalue weighted by atomic mass is 16.5. The second-order valence-corrected chi connectivity index (χ2v) is 7.32. The van der Waals surface area contributed by atoms with E-state index in [-0.39, 0.29) is 18.6 Å². The first kappa shape index (κ1) is 23.0. The molecule has 0 aliphatic carbocycles. The van der Waals surface area contributed by atoms with Crippen LogP contribution in [0, 0.1) is 6.92 Å². The first-order chi connectivity index (χ1) is 15.5. The predicted molar refractivity (Wildman–Crippen MR) is 119 cm³/mol. The van der Waals surface area contributed by atoms with Crippen LogP contribution in [0.3, 0.4) is 0 Å². The quantitative estimate of drug-likeness (QED) is 0.330. The van der Waals surface area contributed by atoms with Crippen LogP contribution in [0.1, 0.15) is 24.0 Å². The van der Waals surface area contributed by atoms with E-state index in [4.69, 9.17) is 9.47 Å². The van der Waals surface area contributed by atoms with E-state index in [9.17, 15) is 14.4 Å². The molecular formula is C23H26N4O5. The molecule has 2 aromatic carbocycles. The normalized spacial score (nSPS) is 15.3. The SMILES string of the molecule is Cc1cccc(NC(=O)COc2cccc(/C=N\NC(=O)C(=O)NC[C@@H]3CCCO3)c2)c1. The molecular weight excluding hydrogens is 412 g/mol. The van der Waals surface area contributed by atoms with Crippen LogP contribution in [-0.4, -0.2) is 49.8 Å². The molecule has 1 saturated heterocycles. The number of hydrogen-bond acceptors (Lipinski definition) is 6. The number of anilines is 1. The number of nitrogens with zero attached hydrogens (tertiary/aromatic N) is 1. The zero-order valence-corrected chi connectivity index (χ0v) is 17.8. The second-order valence-electron chi connectivity index (χ2n) is 7.32. The molecule has 168 valence electrons. The molecule has 32 heavy (non-hydrogen) atoms. The van der Waals surface area contributed by atoms with Gasteiger partial charge in [-0.15, -0.1) is 0 Å². The van der Waals surface area contributed by atoms with Crippen molar-refractivity contribution in [2.45, 2.75) is 25.9 Å². The summed E-state index contributed by atoms with van der Waals surface area (Å²) in [5.41, 5.74) is 4.56. The molecule has 1 atom stereocenters. The number of ether oxygens (including phenoxy) is 2. The lowest BCUT2D eigenvalue weighted by molar-refractivity contribution is -0.139. The van der Waals surface area contributed by atoms with Crippen LogP contribution in [-0.2, 0) is 19.1 Å². The van der Waals surface area contributed by atoms with E-state index in [2.05, 4.69) is 21.2 Å². The third kappa shape index (κ3) is 7.51. The van der Waals surface area contributed by atoms with E-state index in [0.29, 0.717) is 30.2 Å². The summed E-state index contributed by atoms with van der Waals surface area (Å²) in [6.45, 7) is 2.76. The van der Waals surface area contributed by atoms with Crippen LogP contribution in [0.4, 0.5) is 5.69 Å². The molecule has 1 fully saturated rings. The van der Waals surface area contributed by atoms with Crippen molar-refractivity contribution in [1.82, 2.24) is 10.7 Å². The minimum atomic E-state index is -0.862. The van der Waals surface area contributed by atoms with Gasteiger partial charge >= 0.3 is 11.8 Å². The number of carbonyl (C=O) groups excluding carboxylic acids is 3. The number of benzene rings is 2. The van der Waals surface area contributed by atoms with Crippen molar-refractivity contribution in [2.75, 3.05) is 25.1 Å². The van der Waals surface area contributed by atoms with Crippen molar-refractivity contribution in [3.63, 3.8) is 0 Å². The lowest BCUT2D eigenvalue weighted by Crippen LogP contribution is -2.41.